The molecule has 0 bridgehead atoms. The maximum Gasteiger partial charge on any atom is 0.283 e. The molecule has 172 valence electrons. The third-order valence-electron chi connectivity index (χ3n) is 6.21. The normalized spacial score (nSPS) is 28.3. The molecule has 0 saturated carbocycles. The molecule has 5 atom stereocenters. The van der Waals surface area contributed by atoms with Crippen LogP contribution in [0, 0.1) is 0 Å². The van der Waals surface area contributed by atoms with Gasteiger partial charge in [0.25, 0.3) is 5.91 Å². The number of nitrogens with zero attached hydrogens (tertiary/aromatic N) is 1. The number of ether oxygens (including phenoxy) is 3. The number of anilines is 1. The van der Waals surface area contributed by atoms with Gasteiger partial charge in [0.15, 0.2) is 11.5 Å². The van der Waals surface area contributed by atoms with Crippen LogP contribution in [0.25, 0.3) is 21.5 Å². The molecular weight excluding hydrogens is 438 g/mol. The number of fused-ring (bicyclic) bond motifs is 4. The molecule has 0 radical (unpaired) electrons. The van der Waals surface area contributed by atoms with Crippen LogP contribution in [0.15, 0.2) is 30.3 Å². The fourth-order valence-corrected chi connectivity index (χ4v) is 4.58. The van der Waals surface area contributed by atoms with Crippen molar-refractivity contribution in [3.8, 4) is 17.2 Å². The lowest BCUT2D eigenvalue weighted by atomic mass is 9.97. The number of aromatic hydroxyl groups is 1. The Kier molecular flexibility index (Phi) is 4.43. The van der Waals surface area contributed by atoms with Crippen molar-refractivity contribution in [2.75, 3.05) is 18.5 Å². The molecule has 3 aliphatic rings. The van der Waals surface area contributed by atoms with Gasteiger partial charge in [0.1, 0.15) is 30.2 Å². The standard InChI is InChI=1S/C22H19NO10/c24-6-14-17(26)18(27)19(28)22(32-14)33-23-12-3-8-1-2-9(25)4-10(8)16-15(12)11(21(23)29)5-13-20(16)31-7-30-13/h1-5,14,17-19,22,24-28H,6-7H2. The molecule has 11 nitrogen and oxygen atoms in total. The van der Waals surface area contributed by atoms with Gasteiger partial charge in [-0.15, -0.1) is 0 Å². The van der Waals surface area contributed by atoms with Crippen molar-refractivity contribution in [3.05, 3.63) is 35.9 Å². The molecule has 5 unspecified atom stereocenters. The van der Waals surface area contributed by atoms with Crippen LogP contribution in [0.2, 0.25) is 0 Å². The van der Waals surface area contributed by atoms with Crippen molar-refractivity contribution >= 4 is 33.1 Å². The molecule has 0 aromatic heterocycles. The molecule has 11 heteroatoms. The Morgan fingerprint density at radius 2 is 1.85 bits per heavy atom. The fourth-order valence-electron chi connectivity index (χ4n) is 4.58. The third kappa shape index (κ3) is 2.81. The maximum atomic E-state index is 13.4. The van der Waals surface area contributed by atoms with Crippen molar-refractivity contribution in [2.45, 2.75) is 30.7 Å². The summed E-state index contributed by atoms with van der Waals surface area (Å²) in [6.45, 7) is -0.651. The van der Waals surface area contributed by atoms with E-state index in [0.29, 0.717) is 38.7 Å². The molecule has 3 aliphatic heterocycles. The first-order chi connectivity index (χ1) is 15.9. The minimum Gasteiger partial charge on any atom is -0.508 e. The van der Waals surface area contributed by atoms with Crippen LogP contribution >= 0.6 is 0 Å². The first kappa shape index (κ1) is 20.4. The quantitative estimate of drug-likeness (QED) is 0.342. The Hall–Kier alpha value is -3.19. The minimum atomic E-state index is -1.69. The Labute approximate surface area is 185 Å². The number of phenols is 1. The Balaban J connectivity index is 1.51. The third-order valence-corrected chi connectivity index (χ3v) is 6.21. The fraction of sp³-hybridized carbons (Fsp3) is 0.318. The summed E-state index contributed by atoms with van der Waals surface area (Å²) >= 11 is 0. The number of hydrogen-bond acceptors (Lipinski definition) is 10. The van der Waals surface area contributed by atoms with Gasteiger partial charge >= 0.3 is 0 Å². The zero-order valence-electron chi connectivity index (χ0n) is 16.9. The molecule has 3 aromatic rings. The largest absolute Gasteiger partial charge is 0.508 e. The summed E-state index contributed by atoms with van der Waals surface area (Å²) in [5, 5.41) is 53.2. The average Bonchev–Trinajstić information content (AvgIpc) is 3.38. The molecule has 1 fully saturated rings. The van der Waals surface area contributed by atoms with Crippen molar-refractivity contribution in [1.82, 2.24) is 0 Å². The highest BCUT2D eigenvalue weighted by atomic mass is 16.8. The number of hydrogen-bond donors (Lipinski definition) is 5. The molecule has 0 spiro atoms. The number of rotatable bonds is 3. The molecule has 5 N–H and O–H groups in total. The number of phenolic OH excluding ortho intramolecular Hbond substituents is 1. The summed E-state index contributed by atoms with van der Waals surface area (Å²) < 4.78 is 16.6. The molecule has 1 amide bonds. The second-order valence-electron chi connectivity index (χ2n) is 8.11. The van der Waals surface area contributed by atoms with E-state index in [9.17, 15) is 30.3 Å². The van der Waals surface area contributed by atoms with Gasteiger partial charge < -0.3 is 39.7 Å². The molecule has 6 rings (SSSR count). The Morgan fingerprint density at radius 3 is 2.64 bits per heavy atom. The summed E-state index contributed by atoms with van der Waals surface area (Å²) in [4.78, 5) is 19.1. The van der Waals surface area contributed by atoms with E-state index in [2.05, 4.69) is 0 Å². The lowest BCUT2D eigenvalue weighted by Gasteiger charge is -2.40. The van der Waals surface area contributed by atoms with Gasteiger partial charge in [-0.2, -0.15) is 5.06 Å². The molecule has 33 heavy (non-hydrogen) atoms. The summed E-state index contributed by atoms with van der Waals surface area (Å²) in [6, 6.07) is 7.94. The number of aliphatic hydroxyl groups is 4. The highest BCUT2D eigenvalue weighted by Crippen LogP contribution is 2.51. The van der Waals surface area contributed by atoms with E-state index >= 15 is 0 Å². The minimum absolute atomic E-state index is 0.0162. The van der Waals surface area contributed by atoms with Crippen LogP contribution in [0.3, 0.4) is 0 Å². The molecular formula is C22H19NO10. The lowest BCUT2D eigenvalue weighted by Crippen LogP contribution is -2.60. The van der Waals surface area contributed by atoms with Crippen molar-refractivity contribution in [2.24, 2.45) is 0 Å². The van der Waals surface area contributed by atoms with Crippen LogP contribution in [-0.4, -0.2) is 75.5 Å². The van der Waals surface area contributed by atoms with Crippen LogP contribution in [0.1, 0.15) is 10.4 Å². The van der Waals surface area contributed by atoms with Crippen LogP contribution in [0.5, 0.6) is 17.2 Å². The van der Waals surface area contributed by atoms with E-state index < -0.39 is 43.2 Å². The van der Waals surface area contributed by atoms with E-state index in [4.69, 9.17) is 19.0 Å². The van der Waals surface area contributed by atoms with Gasteiger partial charge in [-0.3, -0.25) is 4.79 Å². The maximum absolute atomic E-state index is 13.4. The Bertz CT molecular complexity index is 1310. The van der Waals surface area contributed by atoms with Gasteiger partial charge in [0.05, 0.1) is 17.9 Å². The van der Waals surface area contributed by atoms with Crippen LogP contribution in [0.4, 0.5) is 5.69 Å². The zero-order chi connectivity index (χ0) is 23.0. The summed E-state index contributed by atoms with van der Waals surface area (Å²) in [5.74, 6) is 0.246. The van der Waals surface area contributed by atoms with Gasteiger partial charge in [0, 0.05) is 10.8 Å². The second kappa shape index (κ2) is 7.15. The number of carbonyl (C=O) groups excluding carboxylic acids is 1. The summed E-state index contributed by atoms with van der Waals surface area (Å²) in [7, 11) is 0. The smallest absolute Gasteiger partial charge is 0.283 e. The van der Waals surface area contributed by atoms with E-state index in [1.165, 1.54) is 12.1 Å². The second-order valence-corrected chi connectivity index (χ2v) is 8.11. The number of hydroxylamine groups is 1. The van der Waals surface area contributed by atoms with Gasteiger partial charge in [-0.25, -0.2) is 4.84 Å². The van der Waals surface area contributed by atoms with Crippen molar-refractivity contribution in [3.63, 3.8) is 0 Å². The highest BCUT2D eigenvalue weighted by Gasteiger charge is 2.47. The first-order valence-electron chi connectivity index (χ1n) is 10.2. The lowest BCUT2D eigenvalue weighted by molar-refractivity contribution is -0.301. The SMILES string of the molecule is O=C1c2cc3c(c4c2c(cc2ccc(O)cc24)N1OC1OC(CO)C(O)C(O)C1O)OCO3. The van der Waals surface area contributed by atoms with Crippen molar-refractivity contribution in [1.29, 1.82) is 0 Å². The van der Waals surface area contributed by atoms with Gasteiger partial charge in [-0.05, 0) is 35.0 Å². The van der Waals surface area contributed by atoms with Gasteiger partial charge in [-0.1, -0.05) is 6.07 Å². The number of aliphatic hydroxyl groups excluding tert-OH is 4. The highest BCUT2D eigenvalue weighted by molar-refractivity contribution is 6.30. The summed E-state index contributed by atoms with van der Waals surface area (Å²) in [6.07, 6.45) is -7.66. The molecule has 3 aromatic carbocycles. The topological polar surface area (TPSA) is 158 Å². The molecule has 3 heterocycles. The number of carbonyl (C=O) groups is 1. The predicted octanol–water partition coefficient (Wildman–Crippen LogP) is 0.119. The average molecular weight is 457 g/mol. The number of amides is 1. The Morgan fingerprint density at radius 1 is 1.03 bits per heavy atom. The zero-order valence-corrected chi connectivity index (χ0v) is 16.9. The van der Waals surface area contributed by atoms with E-state index in [0.717, 1.165) is 5.06 Å². The first-order valence-corrected chi connectivity index (χ1v) is 10.2. The van der Waals surface area contributed by atoms with Gasteiger partial charge in [0.2, 0.25) is 13.1 Å². The number of benzene rings is 3. The van der Waals surface area contributed by atoms with E-state index in [1.54, 1.807) is 18.2 Å². The summed E-state index contributed by atoms with van der Waals surface area (Å²) in [5.41, 5.74) is 0.581. The predicted molar refractivity (Wildman–Crippen MR) is 111 cm³/mol. The molecule has 0 aliphatic carbocycles. The van der Waals surface area contributed by atoms with E-state index in [1.807, 2.05) is 0 Å². The van der Waals surface area contributed by atoms with Crippen LogP contribution in [-0.2, 0) is 9.57 Å². The van der Waals surface area contributed by atoms with E-state index in [-0.39, 0.29) is 18.1 Å². The molecule has 1 saturated heterocycles. The van der Waals surface area contributed by atoms with Crippen molar-refractivity contribution < 1.29 is 49.4 Å². The van der Waals surface area contributed by atoms with Crippen LogP contribution < -0.4 is 14.5 Å². The monoisotopic (exact) mass is 457 g/mol.